The number of hydrogen-bond acceptors (Lipinski definition) is 2. The summed E-state index contributed by atoms with van der Waals surface area (Å²) >= 11 is 0. The predicted octanol–water partition coefficient (Wildman–Crippen LogP) is 2.80. The lowest BCUT2D eigenvalue weighted by atomic mass is 10.0. The maximum Gasteiger partial charge on any atom is 0.224 e. The molecule has 0 aliphatic heterocycles. The zero-order valence-electron chi connectivity index (χ0n) is 13.6. The molecule has 3 N–H and O–H groups in total. The van der Waals surface area contributed by atoms with Crippen LogP contribution in [0.1, 0.15) is 38.3 Å². The van der Waals surface area contributed by atoms with Crippen molar-refractivity contribution in [1.29, 1.82) is 0 Å². The van der Waals surface area contributed by atoms with Crippen molar-refractivity contribution < 1.29 is 9.90 Å². The number of aliphatic hydroxyl groups excluding tert-OH is 1. The van der Waals surface area contributed by atoms with Crippen LogP contribution in [0.2, 0.25) is 0 Å². The summed E-state index contributed by atoms with van der Waals surface area (Å²) in [5.74, 6) is 0.403. The molecule has 22 heavy (non-hydrogen) atoms. The summed E-state index contributed by atoms with van der Waals surface area (Å²) in [5.41, 5.74) is 3.38. The first-order chi connectivity index (χ1) is 10.5. The molecule has 1 amide bonds. The van der Waals surface area contributed by atoms with E-state index in [9.17, 15) is 9.90 Å². The Bertz CT molecular complexity index is 631. The summed E-state index contributed by atoms with van der Waals surface area (Å²) in [4.78, 5) is 15.5. The van der Waals surface area contributed by atoms with Gasteiger partial charge in [0, 0.05) is 17.1 Å². The van der Waals surface area contributed by atoms with E-state index in [2.05, 4.69) is 37.1 Å². The highest BCUT2D eigenvalue weighted by Gasteiger charge is 2.15. The molecule has 2 rings (SSSR count). The molecule has 0 bridgehead atoms. The molecule has 120 valence electrons. The van der Waals surface area contributed by atoms with Crippen LogP contribution in [0.25, 0.3) is 10.9 Å². The number of hydrogen-bond donors (Lipinski definition) is 3. The van der Waals surface area contributed by atoms with Crippen LogP contribution in [0.3, 0.4) is 0 Å². The second-order valence-electron chi connectivity index (χ2n) is 6.26. The molecule has 0 radical (unpaired) electrons. The van der Waals surface area contributed by atoms with Crippen LogP contribution < -0.4 is 5.32 Å². The van der Waals surface area contributed by atoms with Gasteiger partial charge < -0.3 is 15.4 Å². The van der Waals surface area contributed by atoms with Crippen LogP contribution in [0.4, 0.5) is 0 Å². The highest BCUT2D eigenvalue weighted by atomic mass is 16.3. The summed E-state index contributed by atoms with van der Waals surface area (Å²) in [6, 6.07) is 6.02. The van der Waals surface area contributed by atoms with Gasteiger partial charge in [0.15, 0.2) is 0 Å². The summed E-state index contributed by atoms with van der Waals surface area (Å²) in [5, 5.41) is 13.4. The molecule has 4 nitrogen and oxygen atoms in total. The van der Waals surface area contributed by atoms with E-state index in [1.807, 2.05) is 18.3 Å². The van der Waals surface area contributed by atoms with Gasteiger partial charge in [-0.1, -0.05) is 39.0 Å². The first kappa shape index (κ1) is 16.6. The third kappa shape index (κ3) is 3.89. The number of amides is 1. The van der Waals surface area contributed by atoms with Crippen molar-refractivity contribution in [3.8, 4) is 0 Å². The van der Waals surface area contributed by atoms with Gasteiger partial charge in [-0.05, 0) is 29.9 Å². The standard InChI is InChI=1S/C18H26N2O2/c1-4-13-6-5-7-16-14(10-19-18(13)16)9-17(22)20-15(11-21)8-12(2)3/h5-7,10,12,15,19,21H,4,8-9,11H2,1-3H3,(H,20,22). The Kier molecular flexibility index (Phi) is 5.61. The highest BCUT2D eigenvalue weighted by molar-refractivity contribution is 5.90. The van der Waals surface area contributed by atoms with E-state index in [4.69, 9.17) is 0 Å². The van der Waals surface area contributed by atoms with E-state index in [1.165, 1.54) is 5.56 Å². The van der Waals surface area contributed by atoms with E-state index in [0.717, 1.165) is 29.3 Å². The van der Waals surface area contributed by atoms with Gasteiger partial charge in [-0.15, -0.1) is 0 Å². The van der Waals surface area contributed by atoms with E-state index in [1.54, 1.807) is 0 Å². The number of aliphatic hydroxyl groups is 1. The molecule has 1 aromatic carbocycles. The quantitative estimate of drug-likeness (QED) is 0.736. The van der Waals surface area contributed by atoms with E-state index in [-0.39, 0.29) is 18.6 Å². The lowest BCUT2D eigenvalue weighted by molar-refractivity contribution is -0.121. The Balaban J connectivity index is 2.09. The molecular weight excluding hydrogens is 276 g/mol. The predicted molar refractivity (Wildman–Crippen MR) is 89.9 cm³/mol. The Morgan fingerprint density at radius 1 is 1.32 bits per heavy atom. The molecule has 0 spiro atoms. The molecule has 0 fully saturated rings. The second kappa shape index (κ2) is 7.45. The fourth-order valence-electron chi connectivity index (χ4n) is 2.92. The summed E-state index contributed by atoms with van der Waals surface area (Å²) in [6.07, 6.45) is 4.00. The van der Waals surface area contributed by atoms with Crippen LogP contribution in [-0.2, 0) is 17.6 Å². The monoisotopic (exact) mass is 302 g/mol. The van der Waals surface area contributed by atoms with Gasteiger partial charge in [0.1, 0.15) is 0 Å². The van der Waals surface area contributed by atoms with Gasteiger partial charge in [0.05, 0.1) is 19.1 Å². The van der Waals surface area contributed by atoms with Gasteiger partial charge in [-0.3, -0.25) is 4.79 Å². The van der Waals surface area contributed by atoms with E-state index < -0.39 is 0 Å². The normalized spacial score (nSPS) is 12.8. The Morgan fingerprint density at radius 3 is 2.73 bits per heavy atom. The number of para-hydroxylation sites is 1. The van der Waals surface area contributed by atoms with Gasteiger partial charge in [-0.25, -0.2) is 0 Å². The average Bonchev–Trinajstić information content (AvgIpc) is 2.89. The molecule has 4 heteroatoms. The molecule has 0 saturated heterocycles. The SMILES string of the molecule is CCc1cccc2c(CC(=O)NC(CO)CC(C)C)c[nH]c12. The van der Waals surface area contributed by atoms with Gasteiger partial charge >= 0.3 is 0 Å². The largest absolute Gasteiger partial charge is 0.394 e. The molecule has 1 aromatic heterocycles. The minimum absolute atomic E-state index is 0.0161. The number of fused-ring (bicyclic) bond motifs is 1. The molecule has 2 aromatic rings. The van der Waals surface area contributed by atoms with Crippen LogP contribution in [0, 0.1) is 5.92 Å². The van der Waals surface area contributed by atoms with Crippen LogP contribution in [0.15, 0.2) is 24.4 Å². The highest BCUT2D eigenvalue weighted by Crippen LogP contribution is 2.22. The van der Waals surface area contributed by atoms with Crippen molar-refractivity contribution in [2.24, 2.45) is 5.92 Å². The molecular formula is C18H26N2O2. The second-order valence-corrected chi connectivity index (χ2v) is 6.26. The number of rotatable bonds is 7. The Morgan fingerprint density at radius 2 is 2.09 bits per heavy atom. The average molecular weight is 302 g/mol. The molecule has 1 atom stereocenters. The van der Waals surface area contributed by atoms with Crippen molar-refractivity contribution >= 4 is 16.8 Å². The van der Waals surface area contributed by atoms with E-state index >= 15 is 0 Å². The van der Waals surface area contributed by atoms with Crippen LogP contribution in [-0.4, -0.2) is 28.6 Å². The number of aromatic nitrogens is 1. The molecule has 0 aliphatic rings. The van der Waals surface area contributed by atoms with Crippen molar-refractivity contribution in [1.82, 2.24) is 10.3 Å². The van der Waals surface area contributed by atoms with Gasteiger partial charge in [-0.2, -0.15) is 0 Å². The number of H-pyrrole nitrogens is 1. The first-order valence-corrected chi connectivity index (χ1v) is 8.03. The van der Waals surface area contributed by atoms with Gasteiger partial charge in [0.25, 0.3) is 0 Å². The molecule has 0 saturated carbocycles. The fraction of sp³-hybridized carbons (Fsp3) is 0.500. The molecule has 1 heterocycles. The third-order valence-electron chi connectivity index (χ3n) is 3.96. The maximum absolute atomic E-state index is 12.2. The van der Waals surface area contributed by atoms with Gasteiger partial charge in [0.2, 0.25) is 5.91 Å². The zero-order chi connectivity index (χ0) is 16.1. The Labute approximate surface area is 131 Å². The van der Waals surface area contributed by atoms with Crippen molar-refractivity contribution in [3.63, 3.8) is 0 Å². The van der Waals surface area contributed by atoms with Crippen LogP contribution in [0.5, 0.6) is 0 Å². The number of aromatic amines is 1. The van der Waals surface area contributed by atoms with Crippen molar-refractivity contribution in [2.45, 2.75) is 46.1 Å². The topological polar surface area (TPSA) is 65.1 Å². The minimum Gasteiger partial charge on any atom is -0.394 e. The molecule has 0 aliphatic carbocycles. The number of carbonyl (C=O) groups excluding carboxylic acids is 1. The third-order valence-corrected chi connectivity index (χ3v) is 3.96. The Hall–Kier alpha value is -1.81. The van der Waals surface area contributed by atoms with E-state index in [0.29, 0.717) is 12.3 Å². The number of nitrogens with one attached hydrogen (secondary N) is 2. The minimum atomic E-state index is -0.163. The van der Waals surface area contributed by atoms with Crippen LogP contribution >= 0.6 is 0 Å². The summed E-state index contributed by atoms with van der Waals surface area (Å²) in [7, 11) is 0. The number of benzene rings is 1. The molecule has 1 unspecified atom stereocenters. The number of carbonyl (C=O) groups is 1. The first-order valence-electron chi connectivity index (χ1n) is 8.03. The lowest BCUT2D eigenvalue weighted by Crippen LogP contribution is -2.39. The zero-order valence-corrected chi connectivity index (χ0v) is 13.6. The fourth-order valence-corrected chi connectivity index (χ4v) is 2.92. The lowest BCUT2D eigenvalue weighted by Gasteiger charge is -2.18. The maximum atomic E-state index is 12.2. The summed E-state index contributed by atoms with van der Waals surface area (Å²) < 4.78 is 0. The smallest absolute Gasteiger partial charge is 0.224 e. The summed E-state index contributed by atoms with van der Waals surface area (Å²) in [6.45, 7) is 6.28. The van der Waals surface area contributed by atoms with Crippen molar-refractivity contribution in [2.75, 3.05) is 6.61 Å². The number of aryl methyl sites for hydroxylation is 1. The van der Waals surface area contributed by atoms with Crippen molar-refractivity contribution in [3.05, 3.63) is 35.5 Å².